The third kappa shape index (κ3) is 4.54. The number of nitrogens with zero attached hydrogens (tertiary/aromatic N) is 2. The molecule has 0 saturated carbocycles. The van der Waals surface area contributed by atoms with Crippen molar-refractivity contribution in [2.24, 2.45) is 0 Å². The minimum absolute atomic E-state index is 0.0559. The molecule has 1 heterocycles. The molecule has 2 rings (SSSR count). The van der Waals surface area contributed by atoms with Gasteiger partial charge in [-0.2, -0.15) is 0 Å². The number of aromatic nitrogens is 2. The fraction of sp³-hybridized carbons (Fsp3) is 0.421. The zero-order valence-corrected chi connectivity index (χ0v) is 15.1. The zero-order chi connectivity index (χ0) is 17.7. The molecule has 5 heteroatoms. The fourth-order valence-electron chi connectivity index (χ4n) is 2.32. The summed E-state index contributed by atoms with van der Waals surface area (Å²) in [4.78, 5) is 12.4. The topological polar surface area (TPSA) is 66.9 Å². The first-order valence-electron chi connectivity index (χ1n) is 8.32. The lowest BCUT2D eigenvalue weighted by Gasteiger charge is -2.22. The number of carbonyl (C=O) groups excluding carboxylic acids is 1. The van der Waals surface area contributed by atoms with E-state index in [9.17, 15) is 4.79 Å². The molecule has 0 fully saturated rings. The first-order chi connectivity index (χ1) is 11.3. The third-order valence-electron chi connectivity index (χ3n) is 3.89. The summed E-state index contributed by atoms with van der Waals surface area (Å²) < 4.78 is 0. The van der Waals surface area contributed by atoms with Crippen molar-refractivity contribution < 1.29 is 4.79 Å². The highest BCUT2D eigenvalue weighted by Crippen LogP contribution is 2.29. The van der Waals surface area contributed by atoms with Crippen LogP contribution in [0.2, 0.25) is 0 Å². The van der Waals surface area contributed by atoms with Crippen molar-refractivity contribution in [1.82, 2.24) is 10.2 Å². The van der Waals surface area contributed by atoms with Crippen LogP contribution >= 0.6 is 0 Å². The summed E-state index contributed by atoms with van der Waals surface area (Å²) in [6, 6.07) is 11.6. The van der Waals surface area contributed by atoms with Crippen LogP contribution in [0, 0.1) is 0 Å². The Morgan fingerprint density at radius 1 is 1.12 bits per heavy atom. The normalized spacial score (nSPS) is 12.5. The molecule has 1 amide bonds. The minimum atomic E-state index is -0.255. The summed E-state index contributed by atoms with van der Waals surface area (Å²) in [5.41, 5.74) is 2.13. The second-order valence-electron chi connectivity index (χ2n) is 7.01. The second kappa shape index (κ2) is 7.43. The number of rotatable bonds is 5. The highest BCUT2D eigenvalue weighted by atomic mass is 16.1. The van der Waals surface area contributed by atoms with E-state index >= 15 is 0 Å². The van der Waals surface area contributed by atoms with Gasteiger partial charge < -0.3 is 10.6 Å². The molecule has 2 aromatic rings. The molecule has 1 atom stereocenters. The van der Waals surface area contributed by atoms with Gasteiger partial charge in [0.1, 0.15) is 5.82 Å². The molecule has 0 bridgehead atoms. The summed E-state index contributed by atoms with van der Waals surface area (Å²) in [5.74, 6) is 0.422. The summed E-state index contributed by atoms with van der Waals surface area (Å²) in [6.07, 6.45) is 0.994. The number of amides is 1. The fourth-order valence-corrected chi connectivity index (χ4v) is 2.32. The van der Waals surface area contributed by atoms with Gasteiger partial charge in [-0.3, -0.25) is 4.79 Å². The van der Waals surface area contributed by atoms with Crippen molar-refractivity contribution in [1.29, 1.82) is 0 Å². The van der Waals surface area contributed by atoms with Gasteiger partial charge in [0, 0.05) is 11.7 Å². The average Bonchev–Trinajstić information content (AvgIpc) is 2.55. The van der Waals surface area contributed by atoms with Crippen molar-refractivity contribution in [3.05, 3.63) is 47.7 Å². The summed E-state index contributed by atoms with van der Waals surface area (Å²) in [6.45, 7) is 10.5. The van der Waals surface area contributed by atoms with E-state index in [1.165, 1.54) is 0 Å². The predicted molar refractivity (Wildman–Crippen MR) is 98.5 cm³/mol. The van der Waals surface area contributed by atoms with E-state index in [0.717, 1.165) is 17.7 Å². The lowest BCUT2D eigenvalue weighted by Crippen LogP contribution is -2.20. The van der Waals surface area contributed by atoms with Crippen LogP contribution in [0.15, 0.2) is 36.4 Å². The number of hydrogen-bond acceptors (Lipinski definition) is 4. The highest BCUT2D eigenvalue weighted by molar-refractivity contribution is 6.03. The Bertz CT molecular complexity index is 689. The van der Waals surface area contributed by atoms with Gasteiger partial charge in [-0.25, -0.2) is 0 Å². The zero-order valence-electron chi connectivity index (χ0n) is 15.1. The van der Waals surface area contributed by atoms with E-state index in [4.69, 9.17) is 0 Å². The Kier molecular flexibility index (Phi) is 5.54. The molecule has 0 radical (unpaired) electrons. The first kappa shape index (κ1) is 17.9. The maximum Gasteiger partial charge on any atom is 0.276 e. The Balaban J connectivity index is 2.14. The number of carbonyl (C=O) groups is 1. The van der Waals surface area contributed by atoms with Crippen LogP contribution in [0.3, 0.4) is 0 Å². The molecule has 1 aromatic heterocycles. The van der Waals surface area contributed by atoms with Gasteiger partial charge in [-0.05, 0) is 42.5 Å². The van der Waals surface area contributed by atoms with Crippen LogP contribution in [0.25, 0.3) is 0 Å². The van der Waals surface area contributed by atoms with Gasteiger partial charge in [-0.1, -0.05) is 45.9 Å². The molecule has 2 N–H and O–H groups in total. The summed E-state index contributed by atoms with van der Waals surface area (Å²) in [7, 11) is 0. The molecule has 1 aromatic carbocycles. The Labute approximate surface area is 143 Å². The number of nitrogens with one attached hydrogen (secondary N) is 2. The minimum Gasteiger partial charge on any atom is -0.366 e. The van der Waals surface area contributed by atoms with Crippen molar-refractivity contribution in [3.63, 3.8) is 0 Å². The van der Waals surface area contributed by atoms with Crippen LogP contribution in [0.4, 0.5) is 11.5 Å². The van der Waals surface area contributed by atoms with Crippen molar-refractivity contribution in [2.45, 2.75) is 52.5 Å². The van der Waals surface area contributed by atoms with E-state index < -0.39 is 0 Å². The molecule has 0 aliphatic heterocycles. The maximum atomic E-state index is 12.4. The molecule has 0 aliphatic carbocycles. The number of hydrogen-bond donors (Lipinski definition) is 2. The first-order valence-corrected chi connectivity index (χ1v) is 8.32. The van der Waals surface area contributed by atoms with Gasteiger partial charge in [0.15, 0.2) is 5.69 Å². The molecule has 5 nitrogen and oxygen atoms in total. The standard InChI is InChI=1S/C19H26N4O/c1-6-13(2)20-17-12-11-16(22-23-17)18(24)21-15-10-8-7-9-14(15)19(3,4)5/h7-13H,6H2,1-5H3,(H,20,23)(H,21,24). The molecule has 128 valence electrons. The average molecular weight is 326 g/mol. The van der Waals surface area contributed by atoms with Crippen LogP contribution in [0.5, 0.6) is 0 Å². The van der Waals surface area contributed by atoms with Gasteiger partial charge >= 0.3 is 0 Å². The third-order valence-corrected chi connectivity index (χ3v) is 3.89. The summed E-state index contributed by atoms with van der Waals surface area (Å²) >= 11 is 0. The molecular weight excluding hydrogens is 300 g/mol. The quantitative estimate of drug-likeness (QED) is 0.862. The van der Waals surface area contributed by atoms with E-state index in [1.54, 1.807) is 12.1 Å². The van der Waals surface area contributed by atoms with Crippen molar-refractivity contribution in [3.8, 4) is 0 Å². The second-order valence-corrected chi connectivity index (χ2v) is 7.01. The van der Waals surface area contributed by atoms with Crippen LogP contribution < -0.4 is 10.6 Å². The van der Waals surface area contributed by atoms with E-state index in [2.05, 4.69) is 55.4 Å². The number of para-hydroxylation sites is 1. The Morgan fingerprint density at radius 3 is 2.42 bits per heavy atom. The van der Waals surface area contributed by atoms with Gasteiger partial charge in [0.2, 0.25) is 0 Å². The molecule has 24 heavy (non-hydrogen) atoms. The predicted octanol–water partition coefficient (Wildman–Crippen LogP) is 4.24. The van der Waals surface area contributed by atoms with Crippen LogP contribution in [0.1, 0.15) is 57.1 Å². The van der Waals surface area contributed by atoms with Crippen molar-refractivity contribution >= 4 is 17.4 Å². The van der Waals surface area contributed by atoms with E-state index in [0.29, 0.717) is 17.6 Å². The highest BCUT2D eigenvalue weighted by Gasteiger charge is 2.19. The molecule has 0 saturated heterocycles. The SMILES string of the molecule is CCC(C)Nc1ccc(C(=O)Nc2ccccc2C(C)(C)C)nn1. The molecule has 0 aliphatic rings. The molecule has 0 spiro atoms. The van der Waals surface area contributed by atoms with Crippen molar-refractivity contribution in [2.75, 3.05) is 10.6 Å². The smallest absolute Gasteiger partial charge is 0.276 e. The summed E-state index contributed by atoms with van der Waals surface area (Å²) in [5, 5.41) is 14.3. The number of anilines is 2. The Hall–Kier alpha value is -2.43. The molecular formula is C19H26N4O. The lowest BCUT2D eigenvalue weighted by atomic mass is 9.86. The van der Waals surface area contributed by atoms with Gasteiger partial charge in [0.05, 0.1) is 0 Å². The largest absolute Gasteiger partial charge is 0.366 e. The van der Waals surface area contributed by atoms with Crippen LogP contribution in [-0.4, -0.2) is 22.1 Å². The maximum absolute atomic E-state index is 12.4. The number of benzene rings is 1. The van der Waals surface area contributed by atoms with E-state index in [1.807, 2.05) is 24.3 Å². The monoisotopic (exact) mass is 326 g/mol. The van der Waals surface area contributed by atoms with Crippen LogP contribution in [-0.2, 0) is 5.41 Å². The lowest BCUT2D eigenvalue weighted by molar-refractivity contribution is 0.102. The van der Waals surface area contributed by atoms with Gasteiger partial charge in [0.25, 0.3) is 5.91 Å². The van der Waals surface area contributed by atoms with Gasteiger partial charge in [-0.15, -0.1) is 10.2 Å². The van der Waals surface area contributed by atoms with E-state index in [-0.39, 0.29) is 11.3 Å². The molecule has 1 unspecified atom stereocenters. The Morgan fingerprint density at radius 2 is 1.83 bits per heavy atom.